The van der Waals surface area contributed by atoms with Gasteiger partial charge in [-0.1, -0.05) is 36.0 Å². The Kier molecular flexibility index (Phi) is 5.78. The summed E-state index contributed by atoms with van der Waals surface area (Å²) in [5.41, 5.74) is 5.26. The molecule has 0 radical (unpaired) electrons. The predicted molar refractivity (Wildman–Crippen MR) is 141 cm³/mol. The van der Waals surface area contributed by atoms with Crippen LogP contribution >= 0.6 is 23.1 Å². The van der Waals surface area contributed by atoms with Crippen molar-refractivity contribution < 1.29 is 4.42 Å². The maximum Gasteiger partial charge on any atom is 0.267 e. The normalized spacial score (nSPS) is 13.3. The molecule has 0 fully saturated rings. The second-order valence-corrected chi connectivity index (χ2v) is 10.9. The molecule has 0 aliphatic heterocycles. The zero-order valence-corrected chi connectivity index (χ0v) is 21.2. The molecule has 0 unspecified atom stereocenters. The van der Waals surface area contributed by atoms with Gasteiger partial charge in [0.15, 0.2) is 5.16 Å². The molecule has 0 bridgehead atoms. The van der Waals surface area contributed by atoms with Gasteiger partial charge >= 0.3 is 0 Å². The number of aryl methyl sites for hydroxylation is 4. The summed E-state index contributed by atoms with van der Waals surface area (Å²) in [6.45, 7) is 4.15. The summed E-state index contributed by atoms with van der Waals surface area (Å²) in [5.74, 6) is 1.41. The minimum absolute atomic E-state index is 0.00987. The molecule has 1 aliphatic rings. The van der Waals surface area contributed by atoms with Crippen LogP contribution in [0.3, 0.4) is 0 Å². The van der Waals surface area contributed by atoms with Gasteiger partial charge in [-0.3, -0.25) is 9.36 Å². The Morgan fingerprint density at radius 1 is 1.03 bits per heavy atom. The SMILES string of the molecule is Cc1ccc(-n2c(SCc3nnc(-c4ccccc4)o3)nc3sc4c(c3c2=O)CCCC4)cc1C. The number of nitrogens with zero attached hydrogens (tertiary/aromatic N) is 4. The Labute approximate surface area is 211 Å². The second-order valence-electron chi connectivity index (χ2n) is 8.85. The molecular weight excluding hydrogens is 476 g/mol. The topological polar surface area (TPSA) is 73.8 Å². The highest BCUT2D eigenvalue weighted by atomic mass is 32.2. The first-order valence-electron chi connectivity index (χ1n) is 11.7. The largest absolute Gasteiger partial charge is 0.420 e. The number of benzene rings is 2. The first-order valence-corrected chi connectivity index (χ1v) is 13.5. The Hall–Kier alpha value is -3.23. The van der Waals surface area contributed by atoms with Gasteiger partial charge in [0, 0.05) is 10.4 Å². The van der Waals surface area contributed by atoms with Crippen molar-refractivity contribution in [1.29, 1.82) is 0 Å². The van der Waals surface area contributed by atoms with E-state index in [1.165, 1.54) is 34.2 Å². The number of aromatic nitrogens is 4. The highest BCUT2D eigenvalue weighted by Crippen LogP contribution is 2.36. The van der Waals surface area contributed by atoms with E-state index in [0.717, 1.165) is 46.3 Å². The van der Waals surface area contributed by atoms with E-state index in [9.17, 15) is 4.79 Å². The maximum atomic E-state index is 13.9. The van der Waals surface area contributed by atoms with Crippen molar-refractivity contribution in [1.82, 2.24) is 19.7 Å². The van der Waals surface area contributed by atoms with Crippen molar-refractivity contribution in [3.63, 3.8) is 0 Å². The van der Waals surface area contributed by atoms with E-state index in [-0.39, 0.29) is 5.56 Å². The fourth-order valence-electron chi connectivity index (χ4n) is 4.51. The third-order valence-corrected chi connectivity index (χ3v) is 8.63. The maximum absolute atomic E-state index is 13.9. The highest BCUT2D eigenvalue weighted by molar-refractivity contribution is 7.98. The fourth-order valence-corrected chi connectivity index (χ4v) is 6.66. The smallest absolute Gasteiger partial charge is 0.267 e. The third-order valence-electron chi connectivity index (χ3n) is 6.52. The van der Waals surface area contributed by atoms with E-state index in [4.69, 9.17) is 9.40 Å². The quantitative estimate of drug-likeness (QED) is 0.209. The first-order chi connectivity index (χ1) is 17.1. The molecule has 0 N–H and O–H groups in total. The minimum Gasteiger partial charge on any atom is -0.420 e. The van der Waals surface area contributed by atoms with Crippen LogP contribution in [0.1, 0.15) is 40.3 Å². The lowest BCUT2D eigenvalue weighted by Crippen LogP contribution is -2.22. The van der Waals surface area contributed by atoms with Crippen LogP contribution in [0.4, 0.5) is 0 Å². The number of thiophene rings is 1. The molecule has 6 nitrogen and oxygen atoms in total. The van der Waals surface area contributed by atoms with E-state index >= 15 is 0 Å². The van der Waals surface area contributed by atoms with Crippen molar-refractivity contribution in [2.75, 3.05) is 0 Å². The van der Waals surface area contributed by atoms with Crippen LogP contribution in [0.5, 0.6) is 0 Å². The fraction of sp³-hybridized carbons (Fsp3) is 0.259. The number of rotatable bonds is 5. The van der Waals surface area contributed by atoms with E-state index in [0.29, 0.717) is 22.7 Å². The molecule has 3 aromatic heterocycles. The zero-order valence-electron chi connectivity index (χ0n) is 19.6. The van der Waals surface area contributed by atoms with Gasteiger partial charge in [0.25, 0.3) is 5.56 Å². The molecule has 0 saturated carbocycles. The highest BCUT2D eigenvalue weighted by Gasteiger charge is 2.23. The lowest BCUT2D eigenvalue weighted by Gasteiger charge is -2.14. The molecule has 3 heterocycles. The number of thioether (sulfide) groups is 1. The predicted octanol–water partition coefficient (Wildman–Crippen LogP) is 6.29. The average molecular weight is 501 g/mol. The minimum atomic E-state index is 0.00987. The molecule has 5 aromatic rings. The van der Waals surface area contributed by atoms with E-state index in [2.05, 4.69) is 36.2 Å². The standard InChI is InChI=1S/C27H24N4O2S2/c1-16-12-13-19(14-17(16)2)31-26(32)23-20-10-6-7-11-21(20)35-25(23)28-27(31)34-15-22-29-30-24(33-22)18-8-4-3-5-9-18/h3-5,8-9,12-14H,6-7,10-11,15H2,1-2H3. The van der Waals surface area contributed by atoms with Crippen LogP contribution < -0.4 is 5.56 Å². The van der Waals surface area contributed by atoms with Gasteiger partial charge in [-0.25, -0.2) is 4.98 Å². The Bertz CT molecular complexity index is 1600. The van der Waals surface area contributed by atoms with Gasteiger partial charge < -0.3 is 4.42 Å². The molecular formula is C27H24N4O2S2. The van der Waals surface area contributed by atoms with Crippen LogP contribution in [0.2, 0.25) is 0 Å². The third kappa shape index (κ3) is 4.10. The summed E-state index contributed by atoms with van der Waals surface area (Å²) in [7, 11) is 0. The molecule has 0 spiro atoms. The number of fused-ring (bicyclic) bond motifs is 3. The van der Waals surface area contributed by atoms with Crippen molar-refractivity contribution in [2.24, 2.45) is 0 Å². The van der Waals surface area contributed by atoms with Crippen molar-refractivity contribution in [2.45, 2.75) is 50.4 Å². The molecule has 35 heavy (non-hydrogen) atoms. The molecule has 0 amide bonds. The van der Waals surface area contributed by atoms with Gasteiger partial charge in [-0.2, -0.15) is 0 Å². The van der Waals surface area contributed by atoms with Crippen molar-refractivity contribution in [3.8, 4) is 17.1 Å². The Morgan fingerprint density at radius 2 is 1.86 bits per heavy atom. The number of hydrogen-bond acceptors (Lipinski definition) is 7. The summed E-state index contributed by atoms with van der Waals surface area (Å²) in [5, 5.41) is 9.85. The first kappa shape index (κ1) is 22.2. The van der Waals surface area contributed by atoms with Crippen LogP contribution in [-0.2, 0) is 18.6 Å². The number of hydrogen-bond donors (Lipinski definition) is 0. The summed E-state index contributed by atoms with van der Waals surface area (Å²) >= 11 is 3.12. The molecule has 176 valence electrons. The van der Waals surface area contributed by atoms with Gasteiger partial charge in [0.2, 0.25) is 11.8 Å². The molecule has 0 atom stereocenters. The van der Waals surface area contributed by atoms with Crippen LogP contribution in [0.25, 0.3) is 27.4 Å². The summed E-state index contributed by atoms with van der Waals surface area (Å²) in [4.78, 5) is 21.1. The van der Waals surface area contributed by atoms with Crippen molar-refractivity contribution >= 4 is 33.3 Å². The second kappa shape index (κ2) is 9.09. The van der Waals surface area contributed by atoms with E-state index < -0.39 is 0 Å². The monoisotopic (exact) mass is 500 g/mol. The molecule has 6 rings (SSSR count). The van der Waals surface area contributed by atoms with Gasteiger partial charge in [-0.05, 0) is 80.5 Å². The van der Waals surface area contributed by atoms with Crippen molar-refractivity contribution in [3.05, 3.63) is 86.3 Å². The zero-order chi connectivity index (χ0) is 23.9. The van der Waals surface area contributed by atoms with Crippen LogP contribution in [-0.4, -0.2) is 19.7 Å². The lowest BCUT2D eigenvalue weighted by atomic mass is 9.97. The van der Waals surface area contributed by atoms with Crippen LogP contribution in [0, 0.1) is 13.8 Å². The Balaban J connectivity index is 1.42. The van der Waals surface area contributed by atoms with E-state index in [1.54, 1.807) is 15.9 Å². The lowest BCUT2D eigenvalue weighted by molar-refractivity contribution is 0.528. The summed E-state index contributed by atoms with van der Waals surface area (Å²) < 4.78 is 7.66. The molecule has 8 heteroatoms. The molecule has 1 aliphatic carbocycles. The van der Waals surface area contributed by atoms with E-state index in [1.807, 2.05) is 36.4 Å². The van der Waals surface area contributed by atoms with Gasteiger partial charge in [-0.15, -0.1) is 21.5 Å². The van der Waals surface area contributed by atoms with Gasteiger partial charge in [0.1, 0.15) is 4.83 Å². The average Bonchev–Trinajstić information content (AvgIpc) is 3.50. The van der Waals surface area contributed by atoms with Crippen LogP contribution in [0.15, 0.2) is 62.9 Å². The van der Waals surface area contributed by atoms with Gasteiger partial charge in [0.05, 0.1) is 16.8 Å². The summed E-state index contributed by atoms with van der Waals surface area (Å²) in [6.07, 6.45) is 4.29. The molecule has 2 aromatic carbocycles. The molecule has 0 saturated heterocycles. The Morgan fingerprint density at radius 3 is 2.69 bits per heavy atom. The summed E-state index contributed by atoms with van der Waals surface area (Å²) in [6, 6.07) is 15.8.